The van der Waals surface area contributed by atoms with Crippen LogP contribution in [-0.4, -0.2) is 38.8 Å². The molecule has 0 heterocycles. The van der Waals surface area contributed by atoms with E-state index in [4.69, 9.17) is 0 Å². The van der Waals surface area contributed by atoms with Gasteiger partial charge in [0.1, 0.15) is 17.3 Å². The van der Waals surface area contributed by atoms with Crippen molar-refractivity contribution in [2.24, 2.45) is 0 Å². The monoisotopic (exact) mass is 222 g/mol. The molecule has 0 fully saturated rings. The van der Waals surface area contributed by atoms with E-state index >= 15 is 0 Å². The van der Waals surface area contributed by atoms with Crippen molar-refractivity contribution in [1.82, 2.24) is 0 Å². The molecule has 0 unspecified atom stereocenters. The van der Waals surface area contributed by atoms with Crippen LogP contribution in [0.5, 0.6) is 0 Å². The normalized spacial score (nSPS) is 11.0. The number of hydrogen-bond acceptors (Lipinski definition) is 5. The molecule has 0 bridgehead atoms. The summed E-state index contributed by atoms with van der Waals surface area (Å²) in [5.74, 6) is -2.50. The number of carbonyl (C=O) groups is 2. The maximum atomic E-state index is 11.2. The van der Waals surface area contributed by atoms with E-state index in [0.717, 1.165) is 7.11 Å². The minimum atomic E-state index is -3.64. The van der Waals surface area contributed by atoms with Gasteiger partial charge in [-0.05, 0) is 6.42 Å². The van der Waals surface area contributed by atoms with E-state index in [1.54, 1.807) is 6.92 Å². The zero-order valence-corrected chi connectivity index (χ0v) is 9.09. The van der Waals surface area contributed by atoms with Gasteiger partial charge in [0.05, 0.1) is 7.11 Å². The van der Waals surface area contributed by atoms with Crippen LogP contribution in [0.3, 0.4) is 0 Å². The van der Waals surface area contributed by atoms with Crippen molar-refractivity contribution in [1.29, 1.82) is 0 Å². The number of carbonyl (C=O) groups excluding carboxylic acids is 2. The molecule has 82 valence electrons. The molecule has 0 amide bonds. The van der Waals surface area contributed by atoms with Crippen molar-refractivity contribution >= 4 is 21.6 Å². The fraction of sp³-hybridized carbons (Fsp3) is 0.750. The molecule has 0 aliphatic carbocycles. The summed E-state index contributed by atoms with van der Waals surface area (Å²) in [6, 6.07) is 0. The second kappa shape index (κ2) is 5.74. The van der Waals surface area contributed by atoms with Gasteiger partial charge in [0.15, 0.2) is 9.84 Å². The van der Waals surface area contributed by atoms with E-state index in [0.29, 0.717) is 6.42 Å². The van der Waals surface area contributed by atoms with Gasteiger partial charge in [0, 0.05) is 6.42 Å². The Morgan fingerprint density at radius 2 is 1.79 bits per heavy atom. The Hall–Kier alpha value is -0.910. The molecular formula is C8H14O5S. The zero-order chi connectivity index (χ0) is 11.2. The minimum Gasteiger partial charge on any atom is -0.468 e. The summed E-state index contributed by atoms with van der Waals surface area (Å²) in [5.41, 5.74) is 0. The van der Waals surface area contributed by atoms with Gasteiger partial charge in [-0.15, -0.1) is 0 Å². The lowest BCUT2D eigenvalue weighted by molar-refractivity contribution is -0.137. The number of hydrogen-bond donors (Lipinski definition) is 0. The van der Waals surface area contributed by atoms with Crippen molar-refractivity contribution in [2.75, 3.05) is 18.6 Å². The van der Waals surface area contributed by atoms with Gasteiger partial charge in [-0.2, -0.15) is 0 Å². The summed E-state index contributed by atoms with van der Waals surface area (Å²) in [7, 11) is -2.54. The zero-order valence-electron chi connectivity index (χ0n) is 8.28. The number of ketones is 1. The van der Waals surface area contributed by atoms with Gasteiger partial charge in [-0.1, -0.05) is 6.92 Å². The Balaban J connectivity index is 4.21. The number of methoxy groups -OCH3 is 1. The van der Waals surface area contributed by atoms with E-state index in [1.807, 2.05) is 0 Å². The lowest BCUT2D eigenvalue weighted by Crippen LogP contribution is -2.24. The maximum absolute atomic E-state index is 11.2. The first-order chi connectivity index (χ1) is 6.41. The molecular weight excluding hydrogens is 208 g/mol. The molecule has 0 rings (SSSR count). The van der Waals surface area contributed by atoms with Crippen molar-refractivity contribution < 1.29 is 22.7 Å². The lowest BCUT2D eigenvalue weighted by atomic mass is 10.3. The molecule has 0 aliphatic rings. The third-order valence-corrected chi connectivity index (χ3v) is 2.91. The van der Waals surface area contributed by atoms with Crippen LogP contribution in [-0.2, 0) is 24.2 Å². The molecule has 14 heavy (non-hydrogen) atoms. The van der Waals surface area contributed by atoms with Crippen LogP contribution in [0.1, 0.15) is 19.8 Å². The highest BCUT2D eigenvalue weighted by Gasteiger charge is 2.20. The Bertz CT molecular complexity index is 304. The number of ether oxygens (including phenoxy) is 1. The van der Waals surface area contributed by atoms with Gasteiger partial charge in [0.25, 0.3) is 0 Å². The first kappa shape index (κ1) is 13.1. The van der Waals surface area contributed by atoms with Crippen molar-refractivity contribution in [3.05, 3.63) is 0 Å². The van der Waals surface area contributed by atoms with Crippen LogP contribution in [0.2, 0.25) is 0 Å². The molecule has 5 nitrogen and oxygen atoms in total. The summed E-state index contributed by atoms with van der Waals surface area (Å²) in [5, 5.41) is 0. The topological polar surface area (TPSA) is 77.5 Å². The Morgan fingerprint density at radius 1 is 1.21 bits per heavy atom. The summed E-state index contributed by atoms with van der Waals surface area (Å²) >= 11 is 0. The number of rotatable bonds is 6. The maximum Gasteiger partial charge on any atom is 0.320 e. The van der Waals surface area contributed by atoms with Crippen LogP contribution < -0.4 is 0 Å². The number of sulfone groups is 1. The van der Waals surface area contributed by atoms with E-state index in [1.165, 1.54) is 0 Å². The SMILES string of the molecule is CCCC(=O)CS(=O)(=O)CC(=O)OC. The molecule has 0 radical (unpaired) electrons. The van der Waals surface area contributed by atoms with Crippen LogP contribution in [0, 0.1) is 0 Å². The second-order valence-electron chi connectivity index (χ2n) is 2.90. The summed E-state index contributed by atoms with van der Waals surface area (Å²) in [4.78, 5) is 21.7. The molecule has 0 atom stereocenters. The summed E-state index contributed by atoms with van der Waals surface area (Å²) < 4.78 is 26.5. The van der Waals surface area contributed by atoms with Crippen molar-refractivity contribution in [2.45, 2.75) is 19.8 Å². The Morgan fingerprint density at radius 3 is 2.21 bits per heavy atom. The smallest absolute Gasteiger partial charge is 0.320 e. The number of Topliss-reactive ketones (excluding diaryl/α,β-unsaturated/α-hetero) is 1. The summed E-state index contributed by atoms with van der Waals surface area (Å²) in [6.45, 7) is 1.78. The van der Waals surface area contributed by atoms with Gasteiger partial charge in [-0.25, -0.2) is 8.42 Å². The molecule has 0 aromatic rings. The third kappa shape index (κ3) is 5.69. The highest BCUT2D eigenvalue weighted by Crippen LogP contribution is 1.97. The molecule has 0 saturated heterocycles. The van der Waals surface area contributed by atoms with Crippen LogP contribution in [0.4, 0.5) is 0 Å². The van der Waals surface area contributed by atoms with Crippen molar-refractivity contribution in [3.63, 3.8) is 0 Å². The predicted octanol–water partition coefficient (Wildman–Crippen LogP) is -0.0566. The average molecular weight is 222 g/mol. The van der Waals surface area contributed by atoms with Gasteiger partial charge in [-0.3, -0.25) is 9.59 Å². The highest BCUT2D eigenvalue weighted by atomic mass is 32.2. The fourth-order valence-electron chi connectivity index (χ4n) is 0.886. The van der Waals surface area contributed by atoms with Gasteiger partial charge in [0.2, 0.25) is 0 Å². The van der Waals surface area contributed by atoms with E-state index in [9.17, 15) is 18.0 Å². The highest BCUT2D eigenvalue weighted by molar-refractivity contribution is 7.92. The standard InChI is InChI=1S/C8H14O5S/c1-3-4-7(9)5-14(11,12)6-8(10)13-2/h3-6H2,1-2H3. The van der Waals surface area contributed by atoms with Gasteiger partial charge >= 0.3 is 5.97 Å². The largest absolute Gasteiger partial charge is 0.468 e. The van der Waals surface area contributed by atoms with E-state index < -0.39 is 27.3 Å². The summed E-state index contributed by atoms with van der Waals surface area (Å²) in [6.07, 6.45) is 0.826. The lowest BCUT2D eigenvalue weighted by Gasteiger charge is -2.01. The van der Waals surface area contributed by atoms with E-state index in [2.05, 4.69) is 4.74 Å². The van der Waals surface area contributed by atoms with Crippen molar-refractivity contribution in [3.8, 4) is 0 Å². The first-order valence-electron chi connectivity index (χ1n) is 4.20. The average Bonchev–Trinajstić information content (AvgIpc) is 2.02. The fourth-order valence-corrected chi connectivity index (χ4v) is 2.10. The predicted molar refractivity (Wildman–Crippen MR) is 50.6 cm³/mol. The van der Waals surface area contributed by atoms with Crippen LogP contribution in [0.15, 0.2) is 0 Å². The quantitative estimate of drug-likeness (QED) is 0.588. The minimum absolute atomic E-state index is 0.223. The van der Waals surface area contributed by atoms with Crippen LogP contribution in [0.25, 0.3) is 0 Å². The molecule has 0 N–H and O–H groups in total. The molecule has 6 heteroatoms. The Kier molecular flexibility index (Phi) is 5.37. The number of esters is 1. The second-order valence-corrected chi connectivity index (χ2v) is 4.96. The molecule has 0 aromatic carbocycles. The Labute approximate surface area is 83.4 Å². The van der Waals surface area contributed by atoms with E-state index in [-0.39, 0.29) is 12.2 Å². The molecule has 0 saturated carbocycles. The molecule has 0 aliphatic heterocycles. The first-order valence-corrected chi connectivity index (χ1v) is 6.02. The molecule has 0 aromatic heterocycles. The third-order valence-electron chi connectivity index (χ3n) is 1.48. The molecule has 0 spiro atoms. The van der Waals surface area contributed by atoms with Crippen LogP contribution >= 0.6 is 0 Å². The van der Waals surface area contributed by atoms with Gasteiger partial charge < -0.3 is 4.74 Å².